The Kier molecular flexibility index (Phi) is 5.50. The summed E-state index contributed by atoms with van der Waals surface area (Å²) in [6, 6.07) is 5.30. The zero-order valence-electron chi connectivity index (χ0n) is 16.2. The molecule has 0 fully saturated rings. The highest BCUT2D eigenvalue weighted by atomic mass is 19.4. The van der Waals surface area contributed by atoms with Crippen LogP contribution in [-0.2, 0) is 10.3 Å². The van der Waals surface area contributed by atoms with Gasteiger partial charge in [-0.3, -0.25) is 9.78 Å². The van der Waals surface area contributed by atoms with E-state index in [1.165, 1.54) is 12.4 Å². The maximum atomic E-state index is 12.6. The lowest BCUT2D eigenvalue weighted by Gasteiger charge is -2.32. The van der Waals surface area contributed by atoms with Crippen molar-refractivity contribution in [2.24, 2.45) is 11.7 Å². The lowest BCUT2D eigenvalue weighted by molar-refractivity contribution is -0.143. The van der Waals surface area contributed by atoms with Crippen LogP contribution in [0.15, 0.2) is 36.9 Å². The normalized spacial score (nSPS) is 13.8. The Bertz CT molecular complexity index is 1130. The van der Waals surface area contributed by atoms with Crippen LogP contribution in [0.25, 0.3) is 22.2 Å². The second-order valence-electron chi connectivity index (χ2n) is 7.22. The molecule has 3 rings (SSSR count). The van der Waals surface area contributed by atoms with Crippen molar-refractivity contribution in [3.05, 3.63) is 48.0 Å². The lowest BCUT2D eigenvalue weighted by Crippen LogP contribution is -2.56. The maximum absolute atomic E-state index is 12.6. The zero-order valence-corrected chi connectivity index (χ0v) is 16.2. The molecule has 0 saturated carbocycles. The van der Waals surface area contributed by atoms with Gasteiger partial charge in [0.2, 0.25) is 5.91 Å². The number of H-pyrrole nitrogens is 1. The van der Waals surface area contributed by atoms with Gasteiger partial charge in [-0.25, -0.2) is 4.98 Å². The number of alkyl halides is 3. The average Bonchev–Trinajstić information content (AvgIpc) is 3.13. The molecule has 0 bridgehead atoms. The number of nitrogens with one attached hydrogen (secondary N) is 2. The van der Waals surface area contributed by atoms with Gasteiger partial charge < -0.3 is 16.0 Å². The van der Waals surface area contributed by atoms with E-state index in [-0.39, 0.29) is 5.56 Å². The minimum atomic E-state index is -4.55. The molecule has 0 saturated heterocycles. The van der Waals surface area contributed by atoms with Crippen LogP contribution in [-0.4, -0.2) is 33.6 Å². The van der Waals surface area contributed by atoms with Crippen molar-refractivity contribution in [2.45, 2.75) is 25.6 Å². The van der Waals surface area contributed by atoms with E-state index in [9.17, 15) is 18.0 Å². The van der Waals surface area contributed by atoms with Gasteiger partial charge in [0.15, 0.2) is 0 Å². The lowest BCUT2D eigenvalue weighted by atomic mass is 9.80. The van der Waals surface area contributed by atoms with Crippen molar-refractivity contribution < 1.29 is 18.0 Å². The summed E-state index contributed by atoms with van der Waals surface area (Å²) in [5.41, 5.74) is 7.05. The molecule has 156 valence electrons. The summed E-state index contributed by atoms with van der Waals surface area (Å²) in [5, 5.41) is 11.7. The molecular weight excluding hydrogens is 397 g/mol. The number of nitrogens with two attached hydrogens (primary N) is 1. The molecule has 0 aromatic carbocycles. The molecule has 30 heavy (non-hydrogen) atoms. The monoisotopic (exact) mass is 416 g/mol. The molecule has 0 unspecified atom stereocenters. The third-order valence-corrected chi connectivity index (χ3v) is 4.92. The van der Waals surface area contributed by atoms with Gasteiger partial charge in [0, 0.05) is 46.9 Å². The third-order valence-electron chi connectivity index (χ3n) is 4.92. The minimum Gasteiger partial charge on any atom is -0.346 e. The molecule has 4 N–H and O–H groups in total. The molecule has 7 nitrogen and oxygen atoms in total. The predicted molar refractivity (Wildman–Crippen MR) is 104 cm³/mol. The smallest absolute Gasteiger partial charge is 0.346 e. The van der Waals surface area contributed by atoms with Crippen LogP contribution in [0.1, 0.15) is 25.0 Å². The zero-order chi connectivity index (χ0) is 22.1. The van der Waals surface area contributed by atoms with E-state index in [4.69, 9.17) is 11.0 Å². The van der Waals surface area contributed by atoms with Crippen LogP contribution in [0, 0.1) is 17.2 Å². The Labute approximate surface area is 170 Å². The molecular formula is C20H19F3N6O. The molecule has 1 amide bonds. The molecule has 3 aromatic rings. The van der Waals surface area contributed by atoms with Crippen LogP contribution >= 0.6 is 0 Å². The van der Waals surface area contributed by atoms with Crippen LogP contribution in [0.3, 0.4) is 0 Å². The number of carbonyl (C=O) groups is 1. The molecule has 3 heterocycles. The fourth-order valence-electron chi connectivity index (χ4n) is 3.17. The van der Waals surface area contributed by atoms with Crippen molar-refractivity contribution in [3.63, 3.8) is 0 Å². The largest absolute Gasteiger partial charge is 0.405 e. The van der Waals surface area contributed by atoms with E-state index < -0.39 is 30.1 Å². The summed E-state index contributed by atoms with van der Waals surface area (Å²) >= 11 is 0. The van der Waals surface area contributed by atoms with E-state index in [0.29, 0.717) is 27.7 Å². The molecule has 0 aliphatic heterocycles. The van der Waals surface area contributed by atoms with Crippen LogP contribution < -0.4 is 11.1 Å². The molecule has 0 aliphatic carbocycles. The molecule has 0 aliphatic rings. The number of halogens is 3. The van der Waals surface area contributed by atoms with Gasteiger partial charge in [-0.05, 0) is 18.1 Å². The first-order chi connectivity index (χ1) is 14.1. The van der Waals surface area contributed by atoms with Gasteiger partial charge >= 0.3 is 6.18 Å². The van der Waals surface area contributed by atoms with Gasteiger partial charge in [0.1, 0.15) is 23.8 Å². The predicted octanol–water partition coefficient (Wildman–Crippen LogP) is 2.99. The fraction of sp³-hybridized carbons (Fsp3) is 0.300. The number of carbonyl (C=O) groups excluding carboxylic acids is 1. The molecule has 0 spiro atoms. The first-order valence-corrected chi connectivity index (χ1v) is 9.03. The van der Waals surface area contributed by atoms with Crippen LogP contribution in [0.4, 0.5) is 13.2 Å². The van der Waals surface area contributed by atoms with Crippen molar-refractivity contribution in [1.82, 2.24) is 20.3 Å². The molecule has 10 heteroatoms. The quantitative estimate of drug-likeness (QED) is 0.591. The number of aromatic nitrogens is 3. The number of nitriles is 1. The van der Waals surface area contributed by atoms with E-state index in [1.54, 1.807) is 38.4 Å². The van der Waals surface area contributed by atoms with Crippen molar-refractivity contribution in [1.29, 1.82) is 5.26 Å². The Balaban J connectivity index is 2.05. The molecule has 3 aromatic heterocycles. The third kappa shape index (κ3) is 3.97. The summed E-state index contributed by atoms with van der Waals surface area (Å²) in [6.07, 6.45) is 1.47. The fourth-order valence-corrected chi connectivity index (χ4v) is 3.17. The first-order valence-electron chi connectivity index (χ1n) is 9.03. The van der Waals surface area contributed by atoms with Gasteiger partial charge in [-0.2, -0.15) is 18.4 Å². The van der Waals surface area contributed by atoms with Gasteiger partial charge in [0.25, 0.3) is 0 Å². The van der Waals surface area contributed by atoms with Gasteiger partial charge in [-0.15, -0.1) is 0 Å². The topological polar surface area (TPSA) is 120 Å². The van der Waals surface area contributed by atoms with Gasteiger partial charge in [-0.1, -0.05) is 13.8 Å². The standard InChI is InChI=1S/C20H19F3N6O/c1-11(2)20(25,18(30)29-10-19(21,22)23)14-4-13(7-26-8-14)16-9-28-17-15(16)3-12(5-24)6-27-17/h3-4,6-9,11H,10,25H2,1-2H3,(H,27,28)(H,29,30)/t20-/m1/s1. The summed E-state index contributed by atoms with van der Waals surface area (Å²) in [6.45, 7) is 1.82. The second-order valence-corrected chi connectivity index (χ2v) is 7.22. The summed E-state index contributed by atoms with van der Waals surface area (Å²) in [4.78, 5) is 24.0. The Hall–Kier alpha value is -3.45. The highest BCUT2D eigenvalue weighted by molar-refractivity contribution is 5.94. The molecule has 1 atom stereocenters. The summed E-state index contributed by atoms with van der Waals surface area (Å²) in [7, 11) is 0. The summed E-state index contributed by atoms with van der Waals surface area (Å²) < 4.78 is 37.7. The number of rotatable bonds is 5. The number of amides is 1. The Morgan fingerprint density at radius 1 is 1.30 bits per heavy atom. The number of nitrogens with zero attached hydrogens (tertiary/aromatic N) is 3. The average molecular weight is 416 g/mol. The number of hydrogen-bond acceptors (Lipinski definition) is 5. The van der Waals surface area contributed by atoms with E-state index >= 15 is 0 Å². The van der Waals surface area contributed by atoms with Crippen molar-refractivity contribution >= 4 is 16.9 Å². The van der Waals surface area contributed by atoms with Crippen LogP contribution in [0.5, 0.6) is 0 Å². The summed E-state index contributed by atoms with van der Waals surface area (Å²) in [5.74, 6) is -1.46. The van der Waals surface area contributed by atoms with Crippen molar-refractivity contribution in [2.75, 3.05) is 6.54 Å². The molecule has 0 radical (unpaired) electrons. The number of aromatic amines is 1. The van der Waals surface area contributed by atoms with Crippen LogP contribution in [0.2, 0.25) is 0 Å². The highest BCUT2D eigenvalue weighted by Gasteiger charge is 2.41. The van der Waals surface area contributed by atoms with E-state index in [1.807, 2.05) is 11.4 Å². The highest BCUT2D eigenvalue weighted by Crippen LogP contribution is 2.33. The van der Waals surface area contributed by atoms with Crippen molar-refractivity contribution in [3.8, 4) is 17.2 Å². The maximum Gasteiger partial charge on any atom is 0.405 e. The Morgan fingerprint density at radius 3 is 2.67 bits per heavy atom. The first kappa shape index (κ1) is 21.3. The number of pyridine rings is 2. The van der Waals surface area contributed by atoms with E-state index in [2.05, 4.69) is 15.0 Å². The van der Waals surface area contributed by atoms with Gasteiger partial charge in [0.05, 0.1) is 5.56 Å². The number of fused-ring (bicyclic) bond motifs is 1. The SMILES string of the molecule is CC(C)[C@](N)(C(=O)NCC(F)(F)F)c1cncc(-c2c[nH]c3ncc(C#N)cc23)c1. The van der Waals surface area contributed by atoms with E-state index in [0.717, 1.165) is 0 Å². The minimum absolute atomic E-state index is 0.272. The second kappa shape index (κ2) is 7.76. The number of hydrogen-bond donors (Lipinski definition) is 3. The Morgan fingerprint density at radius 2 is 2.03 bits per heavy atom.